The first-order chi connectivity index (χ1) is 11.6. The fourth-order valence-electron chi connectivity index (χ4n) is 2.90. The smallest absolute Gasteiger partial charge is 0.182 e. The van der Waals surface area contributed by atoms with Gasteiger partial charge in [0, 0.05) is 28.7 Å². The number of rotatable bonds is 4. The van der Waals surface area contributed by atoms with Crippen molar-refractivity contribution in [2.75, 3.05) is 18.0 Å². The van der Waals surface area contributed by atoms with E-state index in [9.17, 15) is 4.79 Å². The van der Waals surface area contributed by atoms with Gasteiger partial charge in [0.15, 0.2) is 5.78 Å². The van der Waals surface area contributed by atoms with Gasteiger partial charge in [-0.3, -0.25) is 9.79 Å². The molecule has 0 bridgehead atoms. The summed E-state index contributed by atoms with van der Waals surface area (Å²) in [7, 11) is 0. The molecule has 25 heavy (non-hydrogen) atoms. The van der Waals surface area contributed by atoms with Gasteiger partial charge in [0.2, 0.25) is 0 Å². The number of carbonyl (C=O) groups excluding carboxylic acids is 1. The maximum absolute atomic E-state index is 12.8. The number of benzene rings is 2. The maximum atomic E-state index is 12.8. The van der Waals surface area contributed by atoms with E-state index in [0.29, 0.717) is 6.54 Å². The van der Waals surface area contributed by atoms with Crippen LogP contribution in [0.5, 0.6) is 0 Å². The Morgan fingerprint density at radius 1 is 1.16 bits per heavy atom. The molecule has 0 radical (unpaired) electrons. The van der Waals surface area contributed by atoms with Gasteiger partial charge in [0.1, 0.15) is 5.84 Å². The zero-order chi connectivity index (χ0) is 16.9. The minimum absolute atomic E-state index is 0. The number of anilines is 1. The molecule has 0 aliphatic carbocycles. The second-order valence-corrected chi connectivity index (χ2v) is 7.03. The number of halogens is 2. The first kappa shape index (κ1) is 19.9. The summed E-state index contributed by atoms with van der Waals surface area (Å²) in [5.74, 6) is 1.13. The summed E-state index contributed by atoms with van der Waals surface area (Å²) in [5.41, 5.74) is 2.96. The van der Waals surface area contributed by atoms with E-state index in [2.05, 4.69) is 50.9 Å². The third-order valence-corrected chi connectivity index (χ3v) is 4.72. The van der Waals surface area contributed by atoms with Crippen LogP contribution in [0, 0.1) is 6.92 Å². The van der Waals surface area contributed by atoms with E-state index in [-0.39, 0.29) is 22.8 Å². The number of aryl methyl sites for hydroxylation is 1. The summed E-state index contributed by atoms with van der Waals surface area (Å²) in [6.45, 7) is 3.24. The van der Waals surface area contributed by atoms with Gasteiger partial charge in [-0.1, -0.05) is 40.2 Å². The maximum Gasteiger partial charge on any atom is 0.182 e. The molecule has 0 unspecified atom stereocenters. The Balaban J connectivity index is 0.00000225. The van der Waals surface area contributed by atoms with Gasteiger partial charge in [-0.05, 0) is 49.6 Å². The SMILES string of the molecule is Br.Cc1cccc(N(CC(=O)c2ccc(Br)cc2)C2=NCCCC2)c1. The molecule has 0 amide bonds. The lowest BCUT2D eigenvalue weighted by Gasteiger charge is -2.28. The lowest BCUT2D eigenvalue weighted by Crippen LogP contribution is -2.37. The number of ketones is 1. The third-order valence-electron chi connectivity index (χ3n) is 4.20. The van der Waals surface area contributed by atoms with Crippen molar-refractivity contribution in [2.45, 2.75) is 26.2 Å². The van der Waals surface area contributed by atoms with E-state index < -0.39 is 0 Å². The molecule has 0 spiro atoms. The van der Waals surface area contributed by atoms with Crippen LogP contribution in [0.1, 0.15) is 35.2 Å². The number of hydrogen-bond donors (Lipinski definition) is 0. The Hall–Kier alpha value is -1.46. The van der Waals surface area contributed by atoms with Crippen molar-refractivity contribution < 1.29 is 4.79 Å². The van der Waals surface area contributed by atoms with Gasteiger partial charge < -0.3 is 4.90 Å². The van der Waals surface area contributed by atoms with Gasteiger partial charge >= 0.3 is 0 Å². The van der Waals surface area contributed by atoms with E-state index in [1.54, 1.807) is 0 Å². The average Bonchev–Trinajstić information content (AvgIpc) is 2.61. The molecular formula is C20H22Br2N2O. The lowest BCUT2D eigenvalue weighted by molar-refractivity contribution is 0.100. The fraction of sp³-hybridized carbons (Fsp3) is 0.300. The molecule has 0 saturated heterocycles. The molecule has 3 nitrogen and oxygen atoms in total. The number of hydrogen-bond acceptors (Lipinski definition) is 3. The predicted octanol–water partition coefficient (Wildman–Crippen LogP) is 5.61. The van der Waals surface area contributed by atoms with E-state index in [4.69, 9.17) is 0 Å². The molecule has 1 heterocycles. The first-order valence-corrected chi connectivity index (χ1v) is 9.09. The number of aliphatic imine (C=N–C) groups is 1. The standard InChI is InChI=1S/C20H21BrN2O.BrH/c1-15-5-4-6-18(13-15)23(20-7-2-3-12-22-20)14-19(24)16-8-10-17(21)11-9-16;/h4-6,8-11,13H,2-3,7,12,14H2,1H3;1H. The molecule has 0 aromatic heterocycles. The largest absolute Gasteiger partial charge is 0.322 e. The van der Waals surface area contributed by atoms with Crippen molar-refractivity contribution in [1.82, 2.24) is 0 Å². The number of carbonyl (C=O) groups is 1. The minimum atomic E-state index is 0. The average molecular weight is 466 g/mol. The van der Waals surface area contributed by atoms with Gasteiger partial charge in [0.05, 0.1) is 6.54 Å². The van der Waals surface area contributed by atoms with Crippen LogP contribution in [0.2, 0.25) is 0 Å². The molecular weight excluding hydrogens is 444 g/mol. The van der Waals surface area contributed by atoms with Crippen LogP contribution in [0.15, 0.2) is 58.0 Å². The molecule has 0 fully saturated rings. The van der Waals surface area contributed by atoms with Gasteiger partial charge in [-0.2, -0.15) is 0 Å². The molecule has 2 aromatic carbocycles. The van der Waals surface area contributed by atoms with Crippen LogP contribution in [0.25, 0.3) is 0 Å². The number of amidine groups is 1. The second kappa shape index (κ2) is 9.30. The Labute approximate surface area is 168 Å². The molecule has 1 aliphatic heterocycles. The van der Waals surface area contributed by atoms with Crippen molar-refractivity contribution in [3.05, 3.63) is 64.1 Å². The van der Waals surface area contributed by atoms with E-state index >= 15 is 0 Å². The zero-order valence-corrected chi connectivity index (χ0v) is 17.5. The molecule has 5 heteroatoms. The topological polar surface area (TPSA) is 32.7 Å². The monoisotopic (exact) mass is 464 g/mol. The van der Waals surface area contributed by atoms with Crippen molar-refractivity contribution in [3.63, 3.8) is 0 Å². The van der Waals surface area contributed by atoms with Crippen molar-refractivity contribution >= 4 is 50.2 Å². The zero-order valence-electron chi connectivity index (χ0n) is 14.2. The highest BCUT2D eigenvalue weighted by Crippen LogP contribution is 2.21. The molecule has 1 aliphatic rings. The van der Waals surface area contributed by atoms with Crippen LogP contribution in [-0.2, 0) is 0 Å². The molecule has 132 valence electrons. The quantitative estimate of drug-likeness (QED) is 0.550. The summed E-state index contributed by atoms with van der Waals surface area (Å²) in [6.07, 6.45) is 3.20. The van der Waals surface area contributed by atoms with Crippen LogP contribution in [-0.4, -0.2) is 24.7 Å². The predicted molar refractivity (Wildman–Crippen MR) is 113 cm³/mol. The highest BCUT2D eigenvalue weighted by Gasteiger charge is 2.20. The third kappa shape index (κ3) is 5.25. The Morgan fingerprint density at radius 2 is 1.92 bits per heavy atom. The Morgan fingerprint density at radius 3 is 2.56 bits per heavy atom. The van der Waals surface area contributed by atoms with Crippen molar-refractivity contribution in [3.8, 4) is 0 Å². The number of Topliss-reactive ketones (excluding diaryl/α,β-unsaturated/α-hetero) is 1. The molecule has 3 rings (SSSR count). The lowest BCUT2D eigenvalue weighted by atomic mass is 10.1. The van der Waals surface area contributed by atoms with E-state index in [1.807, 2.05) is 30.3 Å². The summed E-state index contributed by atoms with van der Waals surface area (Å²) in [6, 6.07) is 15.8. The first-order valence-electron chi connectivity index (χ1n) is 8.30. The second-order valence-electron chi connectivity index (χ2n) is 6.11. The Kier molecular flexibility index (Phi) is 7.38. The van der Waals surface area contributed by atoms with Gasteiger partial charge in [-0.15, -0.1) is 17.0 Å². The number of nitrogens with zero attached hydrogens (tertiary/aromatic N) is 2. The van der Waals surface area contributed by atoms with Crippen LogP contribution >= 0.6 is 32.9 Å². The van der Waals surface area contributed by atoms with Crippen molar-refractivity contribution in [2.24, 2.45) is 4.99 Å². The minimum Gasteiger partial charge on any atom is -0.322 e. The summed E-state index contributed by atoms with van der Waals surface area (Å²) in [4.78, 5) is 19.5. The normalized spacial score (nSPS) is 13.6. The molecule has 0 N–H and O–H groups in total. The van der Waals surface area contributed by atoms with Crippen LogP contribution in [0.3, 0.4) is 0 Å². The van der Waals surface area contributed by atoms with Crippen molar-refractivity contribution in [1.29, 1.82) is 0 Å². The molecule has 0 saturated carbocycles. The summed E-state index contributed by atoms with van der Waals surface area (Å²) >= 11 is 3.41. The molecule has 2 aromatic rings. The molecule has 0 atom stereocenters. The summed E-state index contributed by atoms with van der Waals surface area (Å²) in [5, 5.41) is 0. The summed E-state index contributed by atoms with van der Waals surface area (Å²) < 4.78 is 0.978. The van der Waals surface area contributed by atoms with E-state index in [1.165, 1.54) is 5.56 Å². The van der Waals surface area contributed by atoms with Crippen LogP contribution < -0.4 is 4.90 Å². The van der Waals surface area contributed by atoms with E-state index in [0.717, 1.165) is 47.4 Å². The van der Waals surface area contributed by atoms with Gasteiger partial charge in [0.25, 0.3) is 0 Å². The highest BCUT2D eigenvalue weighted by molar-refractivity contribution is 9.10. The Bertz CT molecular complexity index is 757. The highest BCUT2D eigenvalue weighted by atomic mass is 79.9. The van der Waals surface area contributed by atoms with Crippen LogP contribution in [0.4, 0.5) is 5.69 Å². The fourth-order valence-corrected chi connectivity index (χ4v) is 3.16. The van der Waals surface area contributed by atoms with Gasteiger partial charge in [-0.25, -0.2) is 0 Å².